The molecule has 0 aliphatic carbocycles. The number of nitrogens with zero attached hydrogens (tertiary/aromatic N) is 4. The molecular weight excluding hydrogens is 425 g/mol. The molecule has 9 heteroatoms. The van der Waals surface area contributed by atoms with Crippen molar-refractivity contribution in [2.24, 2.45) is 0 Å². The van der Waals surface area contributed by atoms with Crippen LogP contribution in [0.2, 0.25) is 0 Å². The van der Waals surface area contributed by atoms with Crippen molar-refractivity contribution < 1.29 is 18.3 Å². The maximum atomic E-state index is 12.7. The van der Waals surface area contributed by atoms with Crippen molar-refractivity contribution in [1.82, 2.24) is 19.7 Å². The third-order valence-corrected chi connectivity index (χ3v) is 7.19. The van der Waals surface area contributed by atoms with Crippen molar-refractivity contribution in [1.29, 1.82) is 0 Å². The lowest BCUT2D eigenvalue weighted by atomic mass is 9.88. The molecule has 0 atom stereocenters. The number of aliphatic hydroxyl groups is 1. The molecule has 1 aromatic carbocycles. The Labute approximate surface area is 185 Å². The lowest BCUT2D eigenvalue weighted by molar-refractivity contribution is -0.137. The van der Waals surface area contributed by atoms with Crippen LogP contribution in [0.3, 0.4) is 0 Å². The average Bonchev–Trinajstić information content (AvgIpc) is 3.21. The first kappa shape index (κ1) is 22.7. The summed E-state index contributed by atoms with van der Waals surface area (Å²) >= 11 is 1.61. The van der Waals surface area contributed by atoms with Crippen LogP contribution in [0, 0.1) is 0 Å². The van der Waals surface area contributed by atoms with Crippen molar-refractivity contribution in [3.05, 3.63) is 51.5 Å². The van der Waals surface area contributed by atoms with Crippen LogP contribution >= 0.6 is 11.3 Å². The first-order valence-electron chi connectivity index (χ1n) is 10.7. The molecule has 0 bridgehead atoms. The number of alkyl halides is 3. The lowest BCUT2D eigenvalue weighted by Crippen LogP contribution is -2.44. The molecule has 2 saturated heterocycles. The van der Waals surface area contributed by atoms with Gasteiger partial charge in [0.15, 0.2) is 0 Å². The number of thiazole rings is 1. The topological polar surface area (TPSA) is 42.8 Å². The third kappa shape index (κ3) is 5.64. The van der Waals surface area contributed by atoms with Gasteiger partial charge in [0.25, 0.3) is 0 Å². The highest BCUT2D eigenvalue weighted by Gasteiger charge is 2.36. The molecule has 0 spiro atoms. The van der Waals surface area contributed by atoms with Gasteiger partial charge in [-0.3, -0.25) is 9.80 Å². The molecule has 2 aliphatic rings. The SMILES string of the molecule is CN1CCN(Cc2nc(C3(O)CCN(Cc4ccc(C(F)(F)F)cc4)CC3)cs2)CC1. The molecule has 0 unspecified atom stereocenters. The molecule has 2 aliphatic heterocycles. The summed E-state index contributed by atoms with van der Waals surface area (Å²) in [5.41, 5.74) is 0.0607. The summed E-state index contributed by atoms with van der Waals surface area (Å²) in [7, 11) is 2.14. The van der Waals surface area contributed by atoms with E-state index in [-0.39, 0.29) is 0 Å². The van der Waals surface area contributed by atoms with E-state index < -0.39 is 17.3 Å². The minimum absolute atomic E-state index is 0.575. The Morgan fingerprint density at radius 1 is 0.968 bits per heavy atom. The van der Waals surface area contributed by atoms with Gasteiger partial charge in [-0.1, -0.05) is 12.1 Å². The van der Waals surface area contributed by atoms with Gasteiger partial charge in [0.2, 0.25) is 0 Å². The Morgan fingerprint density at radius 2 is 1.58 bits per heavy atom. The van der Waals surface area contributed by atoms with Crippen LogP contribution in [-0.2, 0) is 24.9 Å². The fourth-order valence-electron chi connectivity index (χ4n) is 4.19. The molecule has 0 amide bonds. The van der Waals surface area contributed by atoms with Crippen LogP contribution in [0.1, 0.15) is 34.7 Å². The normalized spacial score (nSPS) is 21.5. The first-order valence-corrected chi connectivity index (χ1v) is 11.6. The van der Waals surface area contributed by atoms with Crippen LogP contribution in [-0.4, -0.2) is 71.1 Å². The third-order valence-electron chi connectivity index (χ3n) is 6.35. The summed E-state index contributed by atoms with van der Waals surface area (Å²) in [5.74, 6) is 0. The maximum Gasteiger partial charge on any atom is 0.416 e. The first-order chi connectivity index (χ1) is 14.7. The average molecular weight is 455 g/mol. The van der Waals surface area contributed by atoms with E-state index in [0.717, 1.165) is 61.1 Å². The summed E-state index contributed by atoms with van der Waals surface area (Å²) in [4.78, 5) is 11.7. The van der Waals surface area contributed by atoms with Gasteiger partial charge >= 0.3 is 6.18 Å². The monoisotopic (exact) mass is 454 g/mol. The van der Waals surface area contributed by atoms with E-state index in [1.54, 1.807) is 11.3 Å². The zero-order valence-electron chi connectivity index (χ0n) is 17.7. The molecule has 31 heavy (non-hydrogen) atoms. The Bertz CT molecular complexity index is 854. The Morgan fingerprint density at radius 3 is 2.19 bits per heavy atom. The minimum atomic E-state index is -4.31. The second-order valence-corrected chi connectivity index (χ2v) is 9.65. The van der Waals surface area contributed by atoms with Gasteiger partial charge in [-0.2, -0.15) is 13.2 Å². The molecule has 5 nitrogen and oxygen atoms in total. The molecule has 1 aromatic heterocycles. The van der Waals surface area contributed by atoms with Gasteiger partial charge in [0.1, 0.15) is 10.6 Å². The predicted octanol–water partition coefficient (Wildman–Crippen LogP) is 3.39. The number of halogens is 3. The minimum Gasteiger partial charge on any atom is -0.383 e. The summed E-state index contributed by atoms with van der Waals surface area (Å²) in [6, 6.07) is 5.34. The Hall–Kier alpha value is -1.52. The molecule has 2 aromatic rings. The highest BCUT2D eigenvalue weighted by atomic mass is 32.1. The number of hydrogen-bond acceptors (Lipinski definition) is 6. The molecule has 0 saturated carbocycles. The standard InChI is InChI=1S/C22H29F3N4OS/c1-27-10-12-29(13-11-27)15-20-26-19(16-31-20)21(30)6-8-28(9-7-21)14-17-2-4-18(5-3-17)22(23,24)25/h2-5,16,30H,6-15H2,1H3. The number of likely N-dealkylation sites (tertiary alicyclic amines) is 1. The molecule has 2 fully saturated rings. The number of piperazine rings is 1. The number of hydrogen-bond donors (Lipinski definition) is 1. The summed E-state index contributed by atoms with van der Waals surface area (Å²) in [6.07, 6.45) is -3.16. The van der Waals surface area contributed by atoms with Crippen molar-refractivity contribution in [3.8, 4) is 0 Å². The van der Waals surface area contributed by atoms with Gasteiger partial charge in [-0.05, 0) is 37.6 Å². The highest BCUT2D eigenvalue weighted by molar-refractivity contribution is 7.09. The fourth-order valence-corrected chi connectivity index (χ4v) is 5.12. The molecule has 0 radical (unpaired) electrons. The molecule has 3 heterocycles. The van der Waals surface area contributed by atoms with Gasteiger partial charge in [0.05, 0.1) is 17.8 Å². The van der Waals surface area contributed by atoms with Crippen LogP contribution < -0.4 is 0 Å². The molecular formula is C22H29F3N4OS. The van der Waals surface area contributed by atoms with Crippen LogP contribution in [0.5, 0.6) is 0 Å². The van der Waals surface area contributed by atoms with E-state index in [1.807, 2.05) is 5.38 Å². The molecule has 170 valence electrons. The number of aromatic nitrogens is 1. The predicted molar refractivity (Wildman–Crippen MR) is 115 cm³/mol. The smallest absolute Gasteiger partial charge is 0.383 e. The van der Waals surface area contributed by atoms with Crippen LogP contribution in [0.25, 0.3) is 0 Å². The van der Waals surface area contributed by atoms with Gasteiger partial charge in [-0.15, -0.1) is 11.3 Å². The zero-order valence-corrected chi connectivity index (χ0v) is 18.6. The van der Waals surface area contributed by atoms with Gasteiger partial charge in [0, 0.05) is 51.2 Å². The molecule has 1 N–H and O–H groups in total. The number of rotatable bonds is 5. The van der Waals surface area contributed by atoms with Crippen molar-refractivity contribution >= 4 is 11.3 Å². The lowest BCUT2D eigenvalue weighted by Gasteiger charge is -2.37. The van der Waals surface area contributed by atoms with E-state index in [9.17, 15) is 18.3 Å². The summed E-state index contributed by atoms with van der Waals surface area (Å²) in [5, 5.41) is 14.2. The second kappa shape index (κ2) is 9.15. The summed E-state index contributed by atoms with van der Waals surface area (Å²) < 4.78 is 38.2. The van der Waals surface area contributed by atoms with Gasteiger partial charge < -0.3 is 10.0 Å². The number of piperidine rings is 1. The second-order valence-electron chi connectivity index (χ2n) is 8.71. The quantitative estimate of drug-likeness (QED) is 0.750. The van der Waals surface area contributed by atoms with Crippen LogP contribution in [0.15, 0.2) is 29.6 Å². The van der Waals surface area contributed by atoms with E-state index in [1.165, 1.54) is 12.1 Å². The number of benzene rings is 1. The van der Waals surface area contributed by atoms with Gasteiger partial charge in [-0.25, -0.2) is 4.98 Å². The number of likely N-dealkylation sites (N-methyl/N-ethyl adjacent to an activating group) is 1. The van der Waals surface area contributed by atoms with E-state index >= 15 is 0 Å². The highest BCUT2D eigenvalue weighted by Crippen LogP contribution is 2.34. The van der Waals surface area contributed by atoms with Crippen molar-refractivity contribution in [3.63, 3.8) is 0 Å². The van der Waals surface area contributed by atoms with E-state index in [2.05, 4.69) is 21.7 Å². The Balaban J connectivity index is 1.30. The van der Waals surface area contributed by atoms with E-state index in [0.29, 0.717) is 32.5 Å². The van der Waals surface area contributed by atoms with Crippen LogP contribution in [0.4, 0.5) is 13.2 Å². The van der Waals surface area contributed by atoms with Crippen molar-refractivity contribution in [2.75, 3.05) is 46.3 Å². The molecule has 4 rings (SSSR count). The Kier molecular flexibility index (Phi) is 6.69. The fraction of sp³-hybridized carbons (Fsp3) is 0.591. The zero-order chi connectivity index (χ0) is 22.1. The summed E-state index contributed by atoms with van der Waals surface area (Å²) in [6.45, 7) is 6.98. The largest absolute Gasteiger partial charge is 0.416 e. The van der Waals surface area contributed by atoms with E-state index in [4.69, 9.17) is 4.98 Å². The van der Waals surface area contributed by atoms with Crippen molar-refractivity contribution in [2.45, 2.75) is 37.7 Å². The maximum absolute atomic E-state index is 12.7.